The predicted octanol–water partition coefficient (Wildman–Crippen LogP) is 4.20. The van der Waals surface area contributed by atoms with Crippen molar-refractivity contribution in [3.8, 4) is 0 Å². The van der Waals surface area contributed by atoms with Gasteiger partial charge in [-0.15, -0.1) is 0 Å². The number of non-ortho nitro benzene ring substituents is 1. The van der Waals surface area contributed by atoms with Crippen molar-refractivity contribution in [2.75, 3.05) is 0 Å². The van der Waals surface area contributed by atoms with Crippen LogP contribution in [-0.2, 0) is 9.53 Å². The number of cyclic esters (lactones) is 1. The molecule has 0 aliphatic carbocycles. The minimum Gasteiger partial charge on any atom is -0.402 e. The van der Waals surface area contributed by atoms with E-state index in [9.17, 15) is 14.9 Å². The molecular formula is C16H8ClIN2O4. The van der Waals surface area contributed by atoms with Gasteiger partial charge in [0, 0.05) is 15.7 Å². The molecular weight excluding hydrogens is 447 g/mol. The third-order valence-electron chi connectivity index (χ3n) is 3.16. The Hall–Kier alpha value is -2.26. The van der Waals surface area contributed by atoms with Gasteiger partial charge in [0.2, 0.25) is 5.90 Å². The van der Waals surface area contributed by atoms with Crippen LogP contribution in [0.4, 0.5) is 5.69 Å². The topological polar surface area (TPSA) is 81.8 Å². The molecule has 1 heterocycles. The Morgan fingerprint density at radius 3 is 2.75 bits per heavy atom. The Balaban J connectivity index is 2.01. The Morgan fingerprint density at radius 1 is 1.25 bits per heavy atom. The lowest BCUT2D eigenvalue weighted by Crippen LogP contribution is -2.06. The summed E-state index contributed by atoms with van der Waals surface area (Å²) in [7, 11) is 0. The van der Waals surface area contributed by atoms with Crippen LogP contribution in [0.3, 0.4) is 0 Å². The number of carbonyl (C=O) groups excluding carboxylic acids is 1. The zero-order valence-electron chi connectivity index (χ0n) is 11.9. The van der Waals surface area contributed by atoms with Crippen LogP contribution in [0.25, 0.3) is 6.08 Å². The first-order chi connectivity index (χ1) is 11.4. The van der Waals surface area contributed by atoms with Crippen LogP contribution in [0.5, 0.6) is 0 Å². The van der Waals surface area contributed by atoms with E-state index in [1.807, 2.05) is 24.3 Å². The van der Waals surface area contributed by atoms with Crippen LogP contribution in [0, 0.1) is 13.7 Å². The molecule has 0 spiro atoms. The van der Waals surface area contributed by atoms with E-state index in [1.54, 1.807) is 6.08 Å². The summed E-state index contributed by atoms with van der Waals surface area (Å²) >= 11 is 8.20. The lowest BCUT2D eigenvalue weighted by molar-refractivity contribution is -0.384. The van der Waals surface area contributed by atoms with Gasteiger partial charge < -0.3 is 4.74 Å². The SMILES string of the molecule is O=C1OC(c2cc([N+](=O)[O-])ccc2Cl)=N/C1=C\c1cccc(I)c1. The summed E-state index contributed by atoms with van der Waals surface area (Å²) in [6.45, 7) is 0. The maximum Gasteiger partial charge on any atom is 0.363 e. The molecule has 0 saturated heterocycles. The maximum atomic E-state index is 12.0. The van der Waals surface area contributed by atoms with Gasteiger partial charge in [-0.1, -0.05) is 23.7 Å². The van der Waals surface area contributed by atoms with Gasteiger partial charge in [0.25, 0.3) is 5.69 Å². The summed E-state index contributed by atoms with van der Waals surface area (Å²) in [4.78, 5) is 26.4. The van der Waals surface area contributed by atoms with E-state index < -0.39 is 10.9 Å². The quantitative estimate of drug-likeness (QED) is 0.229. The summed E-state index contributed by atoms with van der Waals surface area (Å²) in [6, 6.07) is 11.4. The standard InChI is InChI=1S/C16H8ClIN2O4/c17-13-5-4-11(20(22)23)8-12(13)15-19-14(16(21)24-15)7-9-2-1-3-10(18)6-9/h1-8H/b14-7-. The van der Waals surface area contributed by atoms with Crippen LogP contribution in [0.15, 0.2) is 53.2 Å². The molecule has 8 heteroatoms. The first kappa shape index (κ1) is 16.6. The van der Waals surface area contributed by atoms with E-state index in [0.717, 1.165) is 9.13 Å². The normalized spacial score (nSPS) is 15.3. The summed E-state index contributed by atoms with van der Waals surface area (Å²) in [5.74, 6) is -0.683. The van der Waals surface area contributed by atoms with Gasteiger partial charge in [-0.05, 0) is 52.4 Å². The number of nitrogens with zero attached hydrogens (tertiary/aromatic N) is 2. The average Bonchev–Trinajstić information content (AvgIpc) is 2.88. The van der Waals surface area contributed by atoms with Crippen molar-refractivity contribution >= 4 is 57.8 Å². The summed E-state index contributed by atoms with van der Waals surface area (Å²) < 4.78 is 6.13. The number of aliphatic imine (C=N–C) groups is 1. The van der Waals surface area contributed by atoms with E-state index >= 15 is 0 Å². The van der Waals surface area contributed by atoms with Gasteiger partial charge in [-0.3, -0.25) is 10.1 Å². The first-order valence-corrected chi connectivity index (χ1v) is 8.12. The van der Waals surface area contributed by atoms with Crippen molar-refractivity contribution in [2.45, 2.75) is 0 Å². The van der Waals surface area contributed by atoms with Crippen LogP contribution in [0.2, 0.25) is 5.02 Å². The molecule has 0 amide bonds. The summed E-state index contributed by atoms with van der Waals surface area (Å²) in [6.07, 6.45) is 1.59. The predicted molar refractivity (Wildman–Crippen MR) is 97.9 cm³/mol. The second kappa shape index (κ2) is 6.70. The Bertz CT molecular complexity index is 924. The van der Waals surface area contributed by atoms with Gasteiger partial charge in [0.1, 0.15) is 0 Å². The fraction of sp³-hybridized carbons (Fsp3) is 0. The highest BCUT2D eigenvalue weighted by molar-refractivity contribution is 14.1. The third kappa shape index (κ3) is 3.46. The highest BCUT2D eigenvalue weighted by atomic mass is 127. The molecule has 2 aromatic carbocycles. The second-order valence-electron chi connectivity index (χ2n) is 4.81. The average molecular weight is 455 g/mol. The maximum absolute atomic E-state index is 12.0. The fourth-order valence-electron chi connectivity index (χ4n) is 2.07. The number of hydrogen-bond donors (Lipinski definition) is 0. The number of rotatable bonds is 3. The monoisotopic (exact) mass is 454 g/mol. The van der Waals surface area contributed by atoms with Gasteiger partial charge in [-0.25, -0.2) is 9.79 Å². The fourth-order valence-corrected chi connectivity index (χ4v) is 2.83. The molecule has 2 aromatic rings. The van der Waals surface area contributed by atoms with E-state index in [-0.39, 0.29) is 27.9 Å². The van der Waals surface area contributed by atoms with Crippen molar-refractivity contribution in [1.82, 2.24) is 0 Å². The molecule has 3 rings (SSSR count). The molecule has 0 atom stereocenters. The Labute approximate surface area is 155 Å². The van der Waals surface area contributed by atoms with Crippen LogP contribution in [-0.4, -0.2) is 16.8 Å². The zero-order chi connectivity index (χ0) is 17.3. The number of hydrogen-bond acceptors (Lipinski definition) is 5. The highest BCUT2D eigenvalue weighted by Crippen LogP contribution is 2.27. The van der Waals surface area contributed by atoms with Crippen molar-refractivity contribution in [3.05, 3.63) is 78.0 Å². The number of nitro benzene ring substituents is 1. The van der Waals surface area contributed by atoms with Crippen LogP contribution >= 0.6 is 34.2 Å². The molecule has 0 radical (unpaired) electrons. The molecule has 0 fully saturated rings. The Kier molecular flexibility index (Phi) is 4.63. The van der Waals surface area contributed by atoms with Crippen LogP contribution in [0.1, 0.15) is 11.1 Å². The molecule has 120 valence electrons. The largest absolute Gasteiger partial charge is 0.402 e. The molecule has 0 bridgehead atoms. The molecule has 0 unspecified atom stereocenters. The van der Waals surface area contributed by atoms with E-state index in [2.05, 4.69) is 27.6 Å². The zero-order valence-corrected chi connectivity index (χ0v) is 14.8. The van der Waals surface area contributed by atoms with E-state index in [0.29, 0.717) is 0 Å². The molecule has 1 aliphatic heterocycles. The third-order valence-corrected chi connectivity index (χ3v) is 4.16. The number of carbonyl (C=O) groups is 1. The summed E-state index contributed by atoms with van der Waals surface area (Å²) in [5.41, 5.74) is 0.937. The van der Waals surface area contributed by atoms with Crippen molar-refractivity contribution in [3.63, 3.8) is 0 Å². The molecule has 0 N–H and O–H groups in total. The second-order valence-corrected chi connectivity index (χ2v) is 6.47. The van der Waals surface area contributed by atoms with Gasteiger partial charge >= 0.3 is 5.97 Å². The lowest BCUT2D eigenvalue weighted by Gasteiger charge is -2.02. The minimum absolute atomic E-state index is 0.0504. The smallest absolute Gasteiger partial charge is 0.363 e. The highest BCUT2D eigenvalue weighted by Gasteiger charge is 2.27. The number of halogens is 2. The number of nitro groups is 1. The number of esters is 1. The minimum atomic E-state index is -0.633. The van der Waals surface area contributed by atoms with Crippen molar-refractivity contribution < 1.29 is 14.5 Å². The number of ether oxygens (including phenoxy) is 1. The molecule has 0 aromatic heterocycles. The number of benzene rings is 2. The van der Waals surface area contributed by atoms with Gasteiger partial charge in [0.15, 0.2) is 5.70 Å². The van der Waals surface area contributed by atoms with E-state index in [1.165, 1.54) is 18.2 Å². The molecule has 24 heavy (non-hydrogen) atoms. The Morgan fingerprint density at radius 2 is 2.04 bits per heavy atom. The van der Waals surface area contributed by atoms with E-state index in [4.69, 9.17) is 16.3 Å². The molecule has 0 saturated carbocycles. The van der Waals surface area contributed by atoms with Gasteiger partial charge in [0.05, 0.1) is 15.5 Å². The molecule has 6 nitrogen and oxygen atoms in total. The lowest BCUT2D eigenvalue weighted by atomic mass is 10.2. The van der Waals surface area contributed by atoms with Crippen molar-refractivity contribution in [1.29, 1.82) is 0 Å². The van der Waals surface area contributed by atoms with Gasteiger partial charge in [-0.2, -0.15) is 0 Å². The van der Waals surface area contributed by atoms with Crippen molar-refractivity contribution in [2.24, 2.45) is 4.99 Å². The van der Waals surface area contributed by atoms with Crippen LogP contribution < -0.4 is 0 Å². The first-order valence-electron chi connectivity index (χ1n) is 6.66. The molecule has 1 aliphatic rings. The summed E-state index contributed by atoms with van der Waals surface area (Å²) in [5, 5.41) is 11.1.